The molecule has 0 saturated heterocycles. The third-order valence-corrected chi connectivity index (χ3v) is 5.54. The molecule has 0 amide bonds. The number of rotatable bonds is 18. The number of hydrogen-bond donors (Lipinski definition) is 1. The van der Waals surface area contributed by atoms with Crippen LogP contribution in [0.2, 0.25) is 0 Å². The van der Waals surface area contributed by atoms with Crippen molar-refractivity contribution in [2.75, 3.05) is 19.8 Å². The first-order valence-corrected chi connectivity index (χ1v) is 12.5. The molecular formula is C28H43NO2. The molecule has 0 fully saturated rings. The van der Waals surface area contributed by atoms with E-state index < -0.39 is 0 Å². The van der Waals surface area contributed by atoms with Gasteiger partial charge in [0, 0.05) is 18.2 Å². The standard InChI is InChI=1S/C28H43NO2/c1-3-5-7-12-21-30-27-19-18-26(28(23-27)31-22-13-8-6-4-2)24-29-20-14-17-25-15-10-9-11-16-25/h9-11,15-16,18-19,23,29H,3-8,12-14,17,20-22,24H2,1-2H3. The van der Waals surface area contributed by atoms with E-state index in [2.05, 4.69) is 67.7 Å². The highest BCUT2D eigenvalue weighted by Crippen LogP contribution is 2.26. The van der Waals surface area contributed by atoms with E-state index in [1.165, 1.54) is 49.7 Å². The fourth-order valence-electron chi connectivity index (χ4n) is 3.62. The maximum absolute atomic E-state index is 6.18. The molecule has 2 rings (SSSR count). The van der Waals surface area contributed by atoms with E-state index in [-0.39, 0.29) is 0 Å². The summed E-state index contributed by atoms with van der Waals surface area (Å²) >= 11 is 0. The molecule has 0 aliphatic heterocycles. The van der Waals surface area contributed by atoms with E-state index in [0.717, 1.165) is 63.5 Å². The van der Waals surface area contributed by atoms with Crippen LogP contribution in [0.1, 0.15) is 82.8 Å². The zero-order valence-corrected chi connectivity index (χ0v) is 19.8. The SMILES string of the molecule is CCCCCCOc1ccc(CNCCCc2ccccc2)c(OCCCCCC)c1. The molecule has 2 aromatic rings. The van der Waals surface area contributed by atoms with Crippen LogP contribution in [0.5, 0.6) is 11.5 Å². The molecule has 1 N–H and O–H groups in total. The quantitative estimate of drug-likeness (QED) is 0.254. The zero-order chi connectivity index (χ0) is 22.0. The van der Waals surface area contributed by atoms with Gasteiger partial charge < -0.3 is 14.8 Å². The van der Waals surface area contributed by atoms with Crippen LogP contribution in [0.15, 0.2) is 48.5 Å². The van der Waals surface area contributed by atoms with Crippen molar-refractivity contribution in [3.63, 3.8) is 0 Å². The Labute approximate surface area is 190 Å². The minimum absolute atomic E-state index is 0.779. The van der Waals surface area contributed by atoms with Gasteiger partial charge in [0.25, 0.3) is 0 Å². The number of ether oxygens (including phenoxy) is 2. The second kappa shape index (κ2) is 16.7. The van der Waals surface area contributed by atoms with Crippen molar-refractivity contribution in [2.45, 2.75) is 84.6 Å². The van der Waals surface area contributed by atoms with Gasteiger partial charge >= 0.3 is 0 Å². The molecule has 0 radical (unpaired) electrons. The van der Waals surface area contributed by atoms with E-state index in [9.17, 15) is 0 Å². The first kappa shape index (κ1) is 25.3. The van der Waals surface area contributed by atoms with Gasteiger partial charge in [-0.3, -0.25) is 0 Å². The Morgan fingerprint density at radius 2 is 1.42 bits per heavy atom. The fourth-order valence-corrected chi connectivity index (χ4v) is 3.62. The Balaban J connectivity index is 1.81. The average molecular weight is 426 g/mol. The van der Waals surface area contributed by atoms with Crippen LogP contribution >= 0.6 is 0 Å². The summed E-state index contributed by atoms with van der Waals surface area (Å²) in [6, 6.07) is 17.0. The summed E-state index contributed by atoms with van der Waals surface area (Å²) in [5, 5.41) is 3.59. The minimum atomic E-state index is 0.779. The van der Waals surface area contributed by atoms with E-state index in [4.69, 9.17) is 9.47 Å². The van der Waals surface area contributed by atoms with Crippen LogP contribution in [0.4, 0.5) is 0 Å². The molecule has 3 heteroatoms. The van der Waals surface area contributed by atoms with Gasteiger partial charge in [-0.1, -0.05) is 88.8 Å². The van der Waals surface area contributed by atoms with Crippen molar-refractivity contribution in [1.29, 1.82) is 0 Å². The Bertz CT molecular complexity index is 687. The van der Waals surface area contributed by atoms with Crippen LogP contribution in [-0.2, 0) is 13.0 Å². The number of nitrogens with one attached hydrogen (secondary N) is 1. The number of aryl methyl sites for hydroxylation is 1. The van der Waals surface area contributed by atoms with Crippen molar-refractivity contribution < 1.29 is 9.47 Å². The monoisotopic (exact) mass is 425 g/mol. The molecule has 31 heavy (non-hydrogen) atoms. The summed E-state index contributed by atoms with van der Waals surface area (Å²) < 4.78 is 12.2. The molecule has 172 valence electrons. The van der Waals surface area contributed by atoms with Gasteiger partial charge in [0.1, 0.15) is 11.5 Å². The molecule has 0 aromatic heterocycles. The molecule has 3 nitrogen and oxygen atoms in total. The van der Waals surface area contributed by atoms with Crippen molar-refractivity contribution in [3.05, 3.63) is 59.7 Å². The molecule has 0 atom stereocenters. The second-order valence-corrected chi connectivity index (χ2v) is 8.35. The summed E-state index contributed by atoms with van der Waals surface area (Å²) in [4.78, 5) is 0. The highest BCUT2D eigenvalue weighted by Gasteiger charge is 2.07. The molecule has 0 heterocycles. The van der Waals surface area contributed by atoms with Crippen LogP contribution in [0, 0.1) is 0 Å². The van der Waals surface area contributed by atoms with E-state index in [1.54, 1.807) is 0 Å². The Kier molecular flexibility index (Phi) is 13.6. The van der Waals surface area contributed by atoms with Crippen LogP contribution in [0.3, 0.4) is 0 Å². The predicted molar refractivity (Wildman–Crippen MR) is 132 cm³/mol. The number of unbranched alkanes of at least 4 members (excludes halogenated alkanes) is 6. The first-order chi connectivity index (χ1) is 15.3. The predicted octanol–water partition coefficient (Wildman–Crippen LogP) is 7.33. The Hall–Kier alpha value is -2.00. The van der Waals surface area contributed by atoms with Crippen LogP contribution in [-0.4, -0.2) is 19.8 Å². The van der Waals surface area contributed by atoms with Gasteiger partial charge in [0.15, 0.2) is 0 Å². The summed E-state index contributed by atoms with van der Waals surface area (Å²) in [5.74, 6) is 1.89. The van der Waals surface area contributed by atoms with Crippen LogP contribution < -0.4 is 14.8 Å². The zero-order valence-electron chi connectivity index (χ0n) is 19.8. The molecule has 0 aliphatic carbocycles. The summed E-state index contributed by atoms with van der Waals surface area (Å²) in [5.41, 5.74) is 2.62. The summed E-state index contributed by atoms with van der Waals surface area (Å²) in [7, 11) is 0. The molecule has 0 unspecified atom stereocenters. The van der Waals surface area contributed by atoms with Gasteiger partial charge in [0.05, 0.1) is 13.2 Å². The van der Waals surface area contributed by atoms with E-state index in [0.29, 0.717) is 0 Å². The lowest BCUT2D eigenvalue weighted by atomic mass is 10.1. The topological polar surface area (TPSA) is 30.5 Å². The fraction of sp³-hybridized carbons (Fsp3) is 0.571. The Morgan fingerprint density at radius 3 is 2.13 bits per heavy atom. The van der Waals surface area contributed by atoms with E-state index in [1.807, 2.05) is 0 Å². The maximum atomic E-state index is 6.18. The Morgan fingerprint density at radius 1 is 0.710 bits per heavy atom. The van der Waals surface area contributed by atoms with Crippen molar-refractivity contribution in [1.82, 2.24) is 5.32 Å². The van der Waals surface area contributed by atoms with Gasteiger partial charge in [-0.25, -0.2) is 0 Å². The van der Waals surface area contributed by atoms with Crippen molar-refractivity contribution >= 4 is 0 Å². The largest absolute Gasteiger partial charge is 0.493 e. The lowest BCUT2D eigenvalue weighted by Crippen LogP contribution is -2.16. The third kappa shape index (κ3) is 11.3. The minimum Gasteiger partial charge on any atom is -0.493 e. The highest BCUT2D eigenvalue weighted by atomic mass is 16.5. The molecule has 0 saturated carbocycles. The average Bonchev–Trinajstić information content (AvgIpc) is 2.80. The summed E-state index contributed by atoms with van der Waals surface area (Å²) in [6.07, 6.45) is 12.0. The smallest absolute Gasteiger partial charge is 0.127 e. The number of benzene rings is 2. The van der Waals surface area contributed by atoms with Gasteiger partial charge in [0.2, 0.25) is 0 Å². The lowest BCUT2D eigenvalue weighted by molar-refractivity contribution is 0.288. The van der Waals surface area contributed by atoms with Crippen molar-refractivity contribution in [3.8, 4) is 11.5 Å². The maximum Gasteiger partial charge on any atom is 0.127 e. The number of hydrogen-bond acceptors (Lipinski definition) is 3. The molecule has 2 aromatic carbocycles. The molecule has 0 bridgehead atoms. The van der Waals surface area contributed by atoms with Gasteiger partial charge in [-0.15, -0.1) is 0 Å². The second-order valence-electron chi connectivity index (χ2n) is 8.35. The normalized spacial score (nSPS) is 10.9. The first-order valence-electron chi connectivity index (χ1n) is 12.5. The van der Waals surface area contributed by atoms with Gasteiger partial charge in [-0.2, -0.15) is 0 Å². The molecule has 0 aliphatic rings. The molecular weight excluding hydrogens is 382 g/mol. The molecule has 0 spiro atoms. The van der Waals surface area contributed by atoms with E-state index >= 15 is 0 Å². The lowest BCUT2D eigenvalue weighted by Gasteiger charge is -2.15. The van der Waals surface area contributed by atoms with Crippen LogP contribution in [0.25, 0.3) is 0 Å². The summed E-state index contributed by atoms with van der Waals surface area (Å²) in [6.45, 7) is 7.87. The highest BCUT2D eigenvalue weighted by molar-refractivity contribution is 5.40. The third-order valence-electron chi connectivity index (χ3n) is 5.54. The van der Waals surface area contributed by atoms with Gasteiger partial charge in [-0.05, 0) is 43.9 Å². The van der Waals surface area contributed by atoms with Crippen molar-refractivity contribution in [2.24, 2.45) is 0 Å².